The van der Waals surface area contributed by atoms with Gasteiger partial charge in [-0.1, -0.05) is 6.07 Å². The standard InChI is InChI=1S/C16H22N4OS/c1-12(14-6-4-5-8-17-14)19-16(21)18-10-15(20(2)3)13-7-9-22-11-13/h4-9,11-12,15H,10H2,1-3H3,(H2,18,19,21)/t12-,15-/m1/s1. The molecule has 0 fully saturated rings. The van der Waals surface area contributed by atoms with Crippen molar-refractivity contribution < 1.29 is 4.79 Å². The van der Waals surface area contributed by atoms with Gasteiger partial charge >= 0.3 is 6.03 Å². The van der Waals surface area contributed by atoms with E-state index < -0.39 is 0 Å². The van der Waals surface area contributed by atoms with Crippen LogP contribution < -0.4 is 10.6 Å². The Morgan fingerprint density at radius 3 is 2.77 bits per heavy atom. The van der Waals surface area contributed by atoms with Crippen molar-refractivity contribution in [3.05, 3.63) is 52.5 Å². The lowest BCUT2D eigenvalue weighted by Crippen LogP contribution is -2.41. The first-order valence-electron chi connectivity index (χ1n) is 7.21. The Morgan fingerprint density at radius 1 is 1.36 bits per heavy atom. The van der Waals surface area contributed by atoms with E-state index in [0.717, 1.165) is 5.69 Å². The van der Waals surface area contributed by atoms with Crippen molar-refractivity contribution in [2.45, 2.75) is 19.0 Å². The van der Waals surface area contributed by atoms with Crippen molar-refractivity contribution in [3.63, 3.8) is 0 Å². The molecular weight excluding hydrogens is 296 g/mol. The summed E-state index contributed by atoms with van der Waals surface area (Å²) in [6.45, 7) is 2.48. The summed E-state index contributed by atoms with van der Waals surface area (Å²) in [6, 6.07) is 7.63. The highest BCUT2D eigenvalue weighted by molar-refractivity contribution is 7.07. The lowest BCUT2D eigenvalue weighted by molar-refractivity contribution is 0.230. The molecule has 2 amide bonds. The molecule has 2 aromatic heterocycles. The van der Waals surface area contributed by atoms with Gasteiger partial charge in [-0.15, -0.1) is 0 Å². The number of likely N-dealkylation sites (N-methyl/N-ethyl adjacent to an activating group) is 1. The van der Waals surface area contributed by atoms with Gasteiger partial charge in [0.05, 0.1) is 17.8 Å². The van der Waals surface area contributed by atoms with Crippen molar-refractivity contribution in [2.75, 3.05) is 20.6 Å². The molecular formula is C16H22N4OS. The molecule has 0 aliphatic carbocycles. The first-order chi connectivity index (χ1) is 10.6. The summed E-state index contributed by atoms with van der Waals surface area (Å²) in [5.74, 6) is 0. The van der Waals surface area contributed by atoms with Crippen LogP contribution in [0.3, 0.4) is 0 Å². The SMILES string of the molecule is C[C@@H](NC(=O)NC[C@H](c1ccsc1)N(C)C)c1ccccn1. The topological polar surface area (TPSA) is 57.3 Å². The van der Waals surface area contributed by atoms with Gasteiger partial charge in [0.2, 0.25) is 0 Å². The van der Waals surface area contributed by atoms with Crippen LogP contribution in [0, 0.1) is 0 Å². The fraction of sp³-hybridized carbons (Fsp3) is 0.375. The van der Waals surface area contributed by atoms with Gasteiger partial charge < -0.3 is 15.5 Å². The molecule has 0 radical (unpaired) electrons. The summed E-state index contributed by atoms with van der Waals surface area (Å²) in [5.41, 5.74) is 2.06. The number of nitrogens with one attached hydrogen (secondary N) is 2. The summed E-state index contributed by atoms with van der Waals surface area (Å²) in [7, 11) is 4.02. The number of thiophene rings is 1. The maximum atomic E-state index is 12.1. The van der Waals surface area contributed by atoms with Crippen molar-refractivity contribution >= 4 is 17.4 Å². The average Bonchev–Trinajstić information content (AvgIpc) is 3.02. The Hall–Kier alpha value is -1.92. The Labute approximate surface area is 135 Å². The van der Waals surface area contributed by atoms with Crippen LogP contribution in [-0.4, -0.2) is 36.6 Å². The molecule has 2 heterocycles. The molecule has 5 nitrogen and oxygen atoms in total. The molecule has 0 unspecified atom stereocenters. The molecule has 2 N–H and O–H groups in total. The molecule has 0 saturated carbocycles. The number of carbonyl (C=O) groups excluding carboxylic acids is 1. The van der Waals surface area contributed by atoms with Gasteiger partial charge in [0, 0.05) is 12.7 Å². The van der Waals surface area contributed by atoms with E-state index in [0.29, 0.717) is 6.54 Å². The monoisotopic (exact) mass is 318 g/mol. The number of pyridine rings is 1. The van der Waals surface area contributed by atoms with E-state index in [1.165, 1.54) is 5.56 Å². The maximum absolute atomic E-state index is 12.1. The second kappa shape index (κ2) is 7.91. The van der Waals surface area contributed by atoms with Crippen LogP contribution in [0.25, 0.3) is 0 Å². The minimum atomic E-state index is -0.180. The summed E-state index contributed by atoms with van der Waals surface area (Å²) < 4.78 is 0. The number of urea groups is 1. The Morgan fingerprint density at radius 2 is 2.18 bits per heavy atom. The number of hydrogen-bond donors (Lipinski definition) is 2. The Balaban J connectivity index is 1.86. The van der Waals surface area contributed by atoms with Gasteiger partial charge in [-0.05, 0) is 55.5 Å². The van der Waals surface area contributed by atoms with Crippen LogP contribution in [-0.2, 0) is 0 Å². The Bertz CT molecular complexity index is 571. The van der Waals surface area contributed by atoms with Gasteiger partial charge in [0.25, 0.3) is 0 Å². The van der Waals surface area contributed by atoms with Gasteiger partial charge in [-0.25, -0.2) is 4.79 Å². The second-order valence-corrected chi connectivity index (χ2v) is 6.15. The third kappa shape index (κ3) is 4.54. The van der Waals surface area contributed by atoms with E-state index in [2.05, 4.69) is 37.3 Å². The van der Waals surface area contributed by atoms with Gasteiger partial charge in [-0.2, -0.15) is 11.3 Å². The number of carbonyl (C=O) groups is 1. The third-order valence-electron chi connectivity index (χ3n) is 3.49. The van der Waals surface area contributed by atoms with Gasteiger partial charge in [-0.3, -0.25) is 4.98 Å². The predicted molar refractivity (Wildman–Crippen MR) is 89.9 cm³/mol. The van der Waals surface area contributed by atoms with Crippen LogP contribution in [0.15, 0.2) is 41.2 Å². The quantitative estimate of drug-likeness (QED) is 0.861. The molecule has 2 aromatic rings. The van der Waals surface area contributed by atoms with Crippen molar-refractivity contribution in [1.82, 2.24) is 20.5 Å². The largest absolute Gasteiger partial charge is 0.336 e. The average molecular weight is 318 g/mol. The highest BCUT2D eigenvalue weighted by Gasteiger charge is 2.16. The number of amides is 2. The molecule has 0 bridgehead atoms. The number of aromatic nitrogens is 1. The highest BCUT2D eigenvalue weighted by atomic mass is 32.1. The highest BCUT2D eigenvalue weighted by Crippen LogP contribution is 2.19. The number of hydrogen-bond acceptors (Lipinski definition) is 4. The van der Waals surface area contributed by atoms with E-state index in [-0.39, 0.29) is 18.1 Å². The summed E-state index contributed by atoms with van der Waals surface area (Å²) in [5, 5.41) is 10.0. The van der Waals surface area contributed by atoms with Crippen LogP contribution >= 0.6 is 11.3 Å². The van der Waals surface area contributed by atoms with E-state index in [1.807, 2.05) is 39.2 Å². The molecule has 22 heavy (non-hydrogen) atoms. The van der Waals surface area contributed by atoms with E-state index >= 15 is 0 Å². The van der Waals surface area contributed by atoms with Crippen molar-refractivity contribution in [2.24, 2.45) is 0 Å². The lowest BCUT2D eigenvalue weighted by atomic mass is 10.1. The smallest absolute Gasteiger partial charge is 0.315 e. The zero-order chi connectivity index (χ0) is 15.9. The first kappa shape index (κ1) is 16.5. The van der Waals surface area contributed by atoms with E-state index in [9.17, 15) is 4.79 Å². The molecule has 2 atom stereocenters. The number of nitrogens with zero attached hydrogens (tertiary/aromatic N) is 2. The summed E-state index contributed by atoms with van der Waals surface area (Å²) in [6.07, 6.45) is 1.73. The molecule has 118 valence electrons. The minimum absolute atomic E-state index is 0.125. The van der Waals surface area contributed by atoms with Crippen molar-refractivity contribution in [3.8, 4) is 0 Å². The van der Waals surface area contributed by atoms with Crippen LogP contribution in [0.5, 0.6) is 0 Å². The minimum Gasteiger partial charge on any atom is -0.336 e. The van der Waals surface area contributed by atoms with Gasteiger partial charge in [0.15, 0.2) is 0 Å². The predicted octanol–water partition coefficient (Wildman–Crippen LogP) is 2.81. The van der Waals surface area contributed by atoms with Crippen LogP contribution in [0.1, 0.15) is 30.3 Å². The zero-order valence-corrected chi connectivity index (χ0v) is 13.9. The maximum Gasteiger partial charge on any atom is 0.315 e. The molecule has 0 aromatic carbocycles. The van der Waals surface area contributed by atoms with Crippen LogP contribution in [0.2, 0.25) is 0 Å². The molecule has 0 saturated heterocycles. The second-order valence-electron chi connectivity index (χ2n) is 5.37. The third-order valence-corrected chi connectivity index (χ3v) is 4.19. The van der Waals surface area contributed by atoms with Gasteiger partial charge in [0.1, 0.15) is 0 Å². The van der Waals surface area contributed by atoms with Crippen LogP contribution in [0.4, 0.5) is 4.79 Å². The van der Waals surface area contributed by atoms with E-state index in [1.54, 1.807) is 17.5 Å². The molecule has 6 heteroatoms. The zero-order valence-electron chi connectivity index (χ0n) is 13.1. The lowest BCUT2D eigenvalue weighted by Gasteiger charge is -2.24. The summed E-state index contributed by atoms with van der Waals surface area (Å²) >= 11 is 1.66. The van der Waals surface area contributed by atoms with E-state index in [4.69, 9.17) is 0 Å². The normalized spacial score (nSPS) is 13.6. The first-order valence-corrected chi connectivity index (χ1v) is 8.16. The molecule has 0 spiro atoms. The van der Waals surface area contributed by atoms with Crippen molar-refractivity contribution in [1.29, 1.82) is 0 Å². The molecule has 0 aliphatic heterocycles. The fourth-order valence-corrected chi connectivity index (χ4v) is 2.91. The molecule has 0 aliphatic rings. The molecule has 2 rings (SSSR count). The summed E-state index contributed by atoms with van der Waals surface area (Å²) in [4.78, 5) is 18.4. The Kier molecular flexibility index (Phi) is 5.91. The fourth-order valence-electron chi connectivity index (χ4n) is 2.21. The number of rotatable bonds is 6.